The second-order valence-corrected chi connectivity index (χ2v) is 4.22. The molecule has 2 N–H and O–H groups in total. The van der Waals surface area contributed by atoms with E-state index in [4.69, 9.17) is 11.0 Å². The van der Waals surface area contributed by atoms with Gasteiger partial charge in [0.25, 0.3) is 0 Å². The summed E-state index contributed by atoms with van der Waals surface area (Å²) in [5, 5.41) is 8.72. The molecule has 0 amide bonds. The number of hydrogen-bond donors (Lipinski definition) is 1. The number of nitrogen functional groups attached to an aromatic ring is 1. The molecule has 0 aliphatic carbocycles. The third kappa shape index (κ3) is 1.88. The lowest BCUT2D eigenvalue weighted by molar-refractivity contribution is 0.584. The molecule has 0 saturated heterocycles. The Kier molecular flexibility index (Phi) is 2.59. The smallest absolute Gasteiger partial charge is 0.128 e. The van der Waals surface area contributed by atoms with Crippen molar-refractivity contribution in [3.05, 3.63) is 40.8 Å². The summed E-state index contributed by atoms with van der Waals surface area (Å²) in [5.41, 5.74) is 6.28. The van der Waals surface area contributed by atoms with Crippen LogP contribution in [-0.4, -0.2) is 0 Å². The van der Waals surface area contributed by atoms with Crippen LogP contribution in [-0.2, 0) is 0 Å². The SMILES string of the molecule is N#Cc1sc(-c2cc(F)cc(F)c2)cc1N. The van der Waals surface area contributed by atoms with Crippen molar-refractivity contribution in [1.29, 1.82) is 5.26 Å². The van der Waals surface area contributed by atoms with Crippen molar-refractivity contribution in [2.75, 3.05) is 5.73 Å². The molecule has 0 bridgehead atoms. The van der Waals surface area contributed by atoms with Gasteiger partial charge in [-0.25, -0.2) is 8.78 Å². The lowest BCUT2D eigenvalue weighted by Crippen LogP contribution is -1.83. The van der Waals surface area contributed by atoms with Crippen molar-refractivity contribution in [2.45, 2.75) is 0 Å². The van der Waals surface area contributed by atoms with E-state index in [1.165, 1.54) is 18.2 Å². The molecule has 1 aromatic heterocycles. The predicted octanol–water partition coefficient (Wildman–Crippen LogP) is 3.15. The molecule has 0 spiro atoms. The third-order valence-electron chi connectivity index (χ3n) is 2.01. The van der Waals surface area contributed by atoms with E-state index < -0.39 is 11.6 Å². The fourth-order valence-electron chi connectivity index (χ4n) is 1.33. The first-order chi connectivity index (χ1) is 7.60. The Morgan fingerprint density at radius 2 is 1.75 bits per heavy atom. The van der Waals surface area contributed by atoms with Gasteiger partial charge in [-0.15, -0.1) is 11.3 Å². The monoisotopic (exact) mass is 236 g/mol. The second kappa shape index (κ2) is 3.91. The number of hydrogen-bond acceptors (Lipinski definition) is 3. The topological polar surface area (TPSA) is 49.8 Å². The predicted molar refractivity (Wildman–Crippen MR) is 58.8 cm³/mol. The molecule has 0 radical (unpaired) electrons. The first kappa shape index (κ1) is 10.6. The number of halogens is 2. The average molecular weight is 236 g/mol. The van der Waals surface area contributed by atoms with Gasteiger partial charge in [0.1, 0.15) is 22.6 Å². The number of benzene rings is 1. The molecule has 2 aromatic rings. The summed E-state index contributed by atoms with van der Waals surface area (Å²) < 4.78 is 25.9. The number of nitriles is 1. The van der Waals surface area contributed by atoms with Crippen LogP contribution in [0.4, 0.5) is 14.5 Å². The molecule has 16 heavy (non-hydrogen) atoms. The molecule has 0 saturated carbocycles. The number of thiophene rings is 1. The van der Waals surface area contributed by atoms with Crippen molar-refractivity contribution >= 4 is 17.0 Å². The number of anilines is 1. The maximum atomic E-state index is 13.0. The van der Waals surface area contributed by atoms with Crippen LogP contribution in [0, 0.1) is 23.0 Å². The van der Waals surface area contributed by atoms with Crippen LogP contribution in [0.3, 0.4) is 0 Å². The van der Waals surface area contributed by atoms with Crippen LogP contribution in [0.5, 0.6) is 0 Å². The zero-order chi connectivity index (χ0) is 11.7. The lowest BCUT2D eigenvalue weighted by Gasteiger charge is -1.97. The molecular weight excluding hydrogens is 230 g/mol. The highest BCUT2D eigenvalue weighted by molar-refractivity contribution is 7.16. The first-order valence-corrected chi connectivity index (χ1v) is 5.17. The van der Waals surface area contributed by atoms with Gasteiger partial charge in [-0.3, -0.25) is 0 Å². The molecule has 0 atom stereocenters. The zero-order valence-electron chi connectivity index (χ0n) is 8.00. The molecule has 2 nitrogen and oxygen atoms in total. The van der Waals surface area contributed by atoms with Crippen molar-refractivity contribution in [3.8, 4) is 16.5 Å². The van der Waals surface area contributed by atoms with Gasteiger partial charge >= 0.3 is 0 Å². The van der Waals surface area contributed by atoms with Crippen molar-refractivity contribution in [2.24, 2.45) is 0 Å². The van der Waals surface area contributed by atoms with E-state index in [0.717, 1.165) is 17.4 Å². The van der Waals surface area contributed by atoms with Gasteiger partial charge < -0.3 is 5.73 Å². The van der Waals surface area contributed by atoms with E-state index >= 15 is 0 Å². The fourth-order valence-corrected chi connectivity index (χ4v) is 2.19. The molecule has 0 aliphatic heterocycles. The maximum absolute atomic E-state index is 13.0. The van der Waals surface area contributed by atoms with Gasteiger partial charge in [-0.2, -0.15) is 5.26 Å². The Hall–Kier alpha value is -1.93. The van der Waals surface area contributed by atoms with Crippen LogP contribution < -0.4 is 5.73 Å². The largest absolute Gasteiger partial charge is 0.397 e. The Balaban J connectivity index is 2.55. The van der Waals surface area contributed by atoms with E-state index in [0.29, 0.717) is 21.0 Å². The Morgan fingerprint density at radius 1 is 1.12 bits per heavy atom. The molecule has 80 valence electrons. The van der Waals surface area contributed by atoms with Gasteiger partial charge in [0.05, 0.1) is 5.69 Å². The summed E-state index contributed by atoms with van der Waals surface area (Å²) in [4.78, 5) is 0.923. The molecule has 5 heteroatoms. The van der Waals surface area contributed by atoms with Gasteiger partial charge in [-0.1, -0.05) is 0 Å². The van der Waals surface area contributed by atoms with E-state index in [-0.39, 0.29) is 0 Å². The van der Waals surface area contributed by atoms with Gasteiger partial charge in [0.2, 0.25) is 0 Å². The quantitative estimate of drug-likeness (QED) is 0.826. The van der Waals surface area contributed by atoms with Gasteiger partial charge in [0, 0.05) is 10.9 Å². The Morgan fingerprint density at radius 3 is 2.25 bits per heavy atom. The fraction of sp³-hybridized carbons (Fsp3) is 0. The number of nitrogens with two attached hydrogens (primary N) is 1. The van der Waals surface area contributed by atoms with Gasteiger partial charge in [0.15, 0.2) is 0 Å². The van der Waals surface area contributed by atoms with E-state index in [1.807, 2.05) is 6.07 Å². The molecule has 1 aromatic carbocycles. The summed E-state index contributed by atoms with van der Waals surface area (Å²) in [5.74, 6) is -1.30. The molecule has 1 heterocycles. The molecule has 2 rings (SSSR count). The summed E-state index contributed by atoms with van der Waals surface area (Å²) in [6, 6.07) is 6.66. The van der Waals surface area contributed by atoms with Crippen molar-refractivity contribution in [1.82, 2.24) is 0 Å². The number of nitrogens with zero attached hydrogens (tertiary/aromatic N) is 1. The van der Waals surface area contributed by atoms with Crippen LogP contribution in [0.1, 0.15) is 4.88 Å². The van der Waals surface area contributed by atoms with Crippen LogP contribution in [0.2, 0.25) is 0 Å². The standard InChI is InChI=1S/C11H6F2N2S/c12-7-1-6(2-8(13)3-7)10-4-9(15)11(5-14)16-10/h1-4H,15H2. The lowest BCUT2D eigenvalue weighted by atomic mass is 10.2. The highest BCUT2D eigenvalue weighted by Gasteiger charge is 2.09. The minimum atomic E-state index is -0.652. The minimum absolute atomic E-state index is 0.326. The van der Waals surface area contributed by atoms with E-state index in [9.17, 15) is 8.78 Å². The summed E-state index contributed by atoms with van der Waals surface area (Å²) in [6.07, 6.45) is 0. The summed E-state index contributed by atoms with van der Waals surface area (Å²) in [7, 11) is 0. The molecule has 0 fully saturated rings. The first-order valence-electron chi connectivity index (χ1n) is 4.36. The van der Waals surface area contributed by atoms with Crippen LogP contribution >= 0.6 is 11.3 Å². The maximum Gasteiger partial charge on any atom is 0.128 e. The average Bonchev–Trinajstić information content (AvgIpc) is 2.58. The second-order valence-electron chi connectivity index (χ2n) is 3.17. The normalized spacial score (nSPS) is 10.1. The molecule has 0 unspecified atom stereocenters. The highest BCUT2D eigenvalue weighted by atomic mass is 32.1. The van der Waals surface area contributed by atoms with E-state index in [2.05, 4.69) is 0 Å². The van der Waals surface area contributed by atoms with Crippen molar-refractivity contribution in [3.63, 3.8) is 0 Å². The molecule has 0 aliphatic rings. The summed E-state index contributed by atoms with van der Waals surface area (Å²) >= 11 is 1.11. The van der Waals surface area contributed by atoms with E-state index in [1.54, 1.807) is 0 Å². The number of rotatable bonds is 1. The van der Waals surface area contributed by atoms with Crippen molar-refractivity contribution < 1.29 is 8.78 Å². The highest BCUT2D eigenvalue weighted by Crippen LogP contribution is 2.33. The minimum Gasteiger partial charge on any atom is -0.397 e. The Bertz CT molecular complexity index is 564. The third-order valence-corrected chi connectivity index (χ3v) is 3.11. The molecular formula is C11H6F2N2S. The Labute approximate surface area is 94.6 Å². The van der Waals surface area contributed by atoms with Crippen LogP contribution in [0.25, 0.3) is 10.4 Å². The zero-order valence-corrected chi connectivity index (χ0v) is 8.81. The van der Waals surface area contributed by atoms with Gasteiger partial charge in [-0.05, 0) is 23.8 Å². The van der Waals surface area contributed by atoms with Crippen LogP contribution in [0.15, 0.2) is 24.3 Å². The summed E-state index contributed by atoms with van der Waals surface area (Å²) in [6.45, 7) is 0.